The predicted octanol–water partition coefficient (Wildman–Crippen LogP) is 2.89. The van der Waals surface area contributed by atoms with E-state index in [0.29, 0.717) is 11.8 Å². The summed E-state index contributed by atoms with van der Waals surface area (Å²) in [6.45, 7) is -0.272. The third kappa shape index (κ3) is 5.45. The molecular weight excluding hydrogens is 485 g/mol. The van der Waals surface area contributed by atoms with Crippen LogP contribution in [0.3, 0.4) is 0 Å². The zero-order valence-electron chi connectivity index (χ0n) is 18.4. The molecule has 2 aromatic heterocycles. The van der Waals surface area contributed by atoms with Gasteiger partial charge in [0, 0.05) is 37.2 Å². The summed E-state index contributed by atoms with van der Waals surface area (Å²) >= 11 is 0. The molecule has 3 N–H and O–H groups in total. The van der Waals surface area contributed by atoms with E-state index >= 15 is 0 Å². The fraction of sp³-hybridized carbons (Fsp3) is 0.304. The second kappa shape index (κ2) is 9.90. The van der Waals surface area contributed by atoms with Crippen LogP contribution in [0.1, 0.15) is 17.5 Å². The largest absolute Gasteiger partial charge is 0.417 e. The van der Waals surface area contributed by atoms with Gasteiger partial charge >= 0.3 is 6.18 Å². The molecule has 2 atom stereocenters. The maximum Gasteiger partial charge on any atom is 0.417 e. The predicted molar refractivity (Wildman–Crippen MR) is 122 cm³/mol. The molecule has 1 aromatic carbocycles. The van der Waals surface area contributed by atoms with E-state index in [4.69, 9.17) is 0 Å². The highest BCUT2D eigenvalue weighted by Gasteiger charge is 2.35. The van der Waals surface area contributed by atoms with E-state index in [-0.39, 0.29) is 36.8 Å². The molecule has 4 rings (SSSR count). The minimum atomic E-state index is -4.50. The van der Waals surface area contributed by atoms with Crippen molar-refractivity contribution in [2.45, 2.75) is 36.2 Å². The average molecular weight is 509 g/mol. The molecule has 12 heteroatoms. The Kier molecular flexibility index (Phi) is 7.08. The second-order valence-electron chi connectivity index (χ2n) is 8.12. The summed E-state index contributed by atoms with van der Waals surface area (Å²) in [5, 5.41) is 22.9. The van der Waals surface area contributed by atoms with Crippen LogP contribution in [0.5, 0.6) is 0 Å². The van der Waals surface area contributed by atoms with Crippen LogP contribution in [-0.2, 0) is 22.8 Å². The first-order chi connectivity index (χ1) is 16.6. The molecule has 1 saturated heterocycles. The van der Waals surface area contributed by atoms with Crippen LogP contribution < -0.4 is 5.32 Å². The maximum absolute atomic E-state index is 13.1. The smallest absolute Gasteiger partial charge is 0.392 e. The topological polar surface area (TPSA) is 116 Å². The number of sulfonamides is 1. The average Bonchev–Trinajstić information content (AvgIpc) is 2.85. The molecule has 3 aromatic rings. The normalized spacial score (nSPS) is 19.5. The molecule has 0 saturated carbocycles. The van der Waals surface area contributed by atoms with Crippen molar-refractivity contribution in [2.75, 3.05) is 18.4 Å². The van der Waals surface area contributed by atoms with E-state index < -0.39 is 33.9 Å². The van der Waals surface area contributed by atoms with Gasteiger partial charge in [0.2, 0.25) is 10.0 Å². The molecule has 1 aliphatic rings. The Hall–Kier alpha value is -3.06. The van der Waals surface area contributed by atoms with Gasteiger partial charge in [0.05, 0.1) is 29.2 Å². The quantitative estimate of drug-likeness (QED) is 0.469. The number of benzene rings is 1. The van der Waals surface area contributed by atoms with Gasteiger partial charge in [-0.3, -0.25) is 4.98 Å². The van der Waals surface area contributed by atoms with Crippen molar-refractivity contribution < 1.29 is 31.8 Å². The Morgan fingerprint density at radius 2 is 1.83 bits per heavy atom. The molecule has 0 amide bonds. The lowest BCUT2D eigenvalue weighted by molar-refractivity contribution is -0.137. The number of hydrogen-bond donors (Lipinski definition) is 3. The van der Waals surface area contributed by atoms with Crippen molar-refractivity contribution >= 4 is 15.8 Å². The van der Waals surface area contributed by atoms with Gasteiger partial charge in [0.15, 0.2) is 0 Å². The number of halogens is 3. The molecule has 1 fully saturated rings. The number of aliphatic hydroxyl groups is 2. The third-order valence-corrected chi connectivity index (χ3v) is 7.73. The van der Waals surface area contributed by atoms with Gasteiger partial charge in [-0.2, -0.15) is 17.5 Å². The van der Waals surface area contributed by atoms with Crippen molar-refractivity contribution in [3.8, 4) is 11.1 Å². The minimum absolute atomic E-state index is 0.0591. The lowest BCUT2D eigenvalue weighted by atomic mass is 10.0. The highest BCUT2D eigenvalue weighted by Crippen LogP contribution is 2.30. The van der Waals surface area contributed by atoms with Crippen LogP contribution in [0.2, 0.25) is 0 Å². The number of aromatic nitrogens is 2. The summed E-state index contributed by atoms with van der Waals surface area (Å²) in [7, 11) is -3.88. The molecule has 0 unspecified atom stereocenters. The van der Waals surface area contributed by atoms with Crippen LogP contribution in [0.15, 0.2) is 66.0 Å². The Labute approximate surface area is 200 Å². The Morgan fingerprint density at radius 3 is 2.43 bits per heavy atom. The number of nitrogens with one attached hydrogen (secondary N) is 1. The standard InChI is InChI=1S/C23H23F3N4O4S/c24-23(25,26)17-3-6-22(28-12-17)29-20-8-10-30(13-21(20)32)35(33,34)18-4-1-15(2-5-18)19-7-9-27-11-16(19)14-31/h1-7,9,11-12,20-21,31-32H,8,10,13-14H2,(H,28,29)/t20-,21+/m1/s1. The number of alkyl halides is 3. The molecular formula is C23H23F3N4O4S. The first kappa shape index (κ1) is 25.0. The van der Waals surface area contributed by atoms with E-state index in [1.165, 1.54) is 22.5 Å². The second-order valence-corrected chi connectivity index (χ2v) is 10.1. The highest BCUT2D eigenvalue weighted by molar-refractivity contribution is 7.89. The van der Waals surface area contributed by atoms with Crippen LogP contribution in [-0.4, -0.2) is 58.1 Å². The van der Waals surface area contributed by atoms with Crippen molar-refractivity contribution in [3.63, 3.8) is 0 Å². The van der Waals surface area contributed by atoms with Gasteiger partial charge in [0.25, 0.3) is 0 Å². The number of anilines is 1. The fourth-order valence-corrected chi connectivity index (χ4v) is 5.39. The molecule has 8 nitrogen and oxygen atoms in total. The van der Waals surface area contributed by atoms with Crippen molar-refractivity contribution in [3.05, 3.63) is 72.2 Å². The minimum Gasteiger partial charge on any atom is -0.392 e. The maximum atomic E-state index is 13.1. The Balaban J connectivity index is 1.43. The van der Waals surface area contributed by atoms with Crippen LogP contribution in [0.25, 0.3) is 11.1 Å². The lowest BCUT2D eigenvalue weighted by Crippen LogP contribution is -2.51. The van der Waals surface area contributed by atoms with E-state index in [9.17, 15) is 31.8 Å². The summed E-state index contributed by atoms with van der Waals surface area (Å²) in [5.41, 5.74) is 1.20. The van der Waals surface area contributed by atoms with Crippen molar-refractivity contribution in [2.24, 2.45) is 0 Å². The van der Waals surface area contributed by atoms with Gasteiger partial charge in [-0.25, -0.2) is 13.4 Å². The highest BCUT2D eigenvalue weighted by atomic mass is 32.2. The molecule has 35 heavy (non-hydrogen) atoms. The van der Waals surface area contributed by atoms with Gasteiger partial charge < -0.3 is 15.5 Å². The van der Waals surface area contributed by atoms with Crippen molar-refractivity contribution in [1.82, 2.24) is 14.3 Å². The van der Waals surface area contributed by atoms with E-state index in [2.05, 4.69) is 15.3 Å². The van der Waals surface area contributed by atoms with E-state index in [1.54, 1.807) is 30.6 Å². The lowest BCUT2D eigenvalue weighted by Gasteiger charge is -2.35. The summed E-state index contributed by atoms with van der Waals surface area (Å²) < 4.78 is 65.5. The summed E-state index contributed by atoms with van der Waals surface area (Å²) in [4.78, 5) is 7.77. The third-order valence-electron chi connectivity index (χ3n) is 5.85. The van der Waals surface area contributed by atoms with Crippen LogP contribution in [0, 0.1) is 0 Å². The number of β-amino-alcohol motifs (C(OH)–C–C–N with tert-alkyl or cyclic N) is 1. The number of piperidine rings is 1. The number of pyridine rings is 2. The van der Waals surface area contributed by atoms with Crippen molar-refractivity contribution in [1.29, 1.82) is 0 Å². The summed E-state index contributed by atoms with van der Waals surface area (Å²) in [6.07, 6.45) is -1.53. The van der Waals surface area contributed by atoms with Gasteiger partial charge in [0.1, 0.15) is 5.82 Å². The molecule has 1 aliphatic heterocycles. The molecule has 186 valence electrons. The molecule has 0 aliphatic carbocycles. The van der Waals surface area contributed by atoms with Crippen LogP contribution in [0.4, 0.5) is 19.0 Å². The van der Waals surface area contributed by atoms with Crippen LogP contribution >= 0.6 is 0 Å². The monoisotopic (exact) mass is 508 g/mol. The van der Waals surface area contributed by atoms with Gasteiger partial charge in [-0.05, 0) is 47.9 Å². The van der Waals surface area contributed by atoms with E-state index in [1.807, 2.05) is 0 Å². The van der Waals surface area contributed by atoms with E-state index in [0.717, 1.165) is 17.2 Å². The molecule has 0 spiro atoms. The first-order valence-electron chi connectivity index (χ1n) is 10.7. The number of aliphatic hydroxyl groups excluding tert-OH is 2. The number of rotatable bonds is 6. The van der Waals surface area contributed by atoms with Gasteiger partial charge in [-0.15, -0.1) is 0 Å². The summed E-state index contributed by atoms with van der Waals surface area (Å²) in [6, 6.07) is 9.44. The number of hydrogen-bond acceptors (Lipinski definition) is 7. The molecule has 0 radical (unpaired) electrons. The molecule has 0 bridgehead atoms. The zero-order chi connectivity index (χ0) is 25.2. The van der Waals surface area contributed by atoms with Gasteiger partial charge in [-0.1, -0.05) is 12.1 Å². The Bertz CT molecular complexity index is 1270. The SMILES string of the molecule is O=S(=O)(c1ccc(-c2ccncc2CO)cc1)N1CC[C@@H](Nc2ccc(C(F)(F)F)cn2)[C@@H](O)C1. The summed E-state index contributed by atoms with van der Waals surface area (Å²) in [5.74, 6) is 0.160. The zero-order valence-corrected chi connectivity index (χ0v) is 19.2. The Morgan fingerprint density at radius 1 is 1.09 bits per heavy atom. The fourth-order valence-electron chi connectivity index (χ4n) is 3.92. The number of nitrogens with zero attached hydrogens (tertiary/aromatic N) is 3. The molecule has 3 heterocycles. The first-order valence-corrected chi connectivity index (χ1v) is 12.2.